The number of amides is 1. The molecule has 8 heteroatoms. The Hall–Kier alpha value is -2.25. The van der Waals surface area contributed by atoms with E-state index in [9.17, 15) is 4.79 Å². The number of nitrogens with zero attached hydrogens (tertiary/aromatic N) is 2. The van der Waals surface area contributed by atoms with Crippen LogP contribution in [0.25, 0.3) is 0 Å². The summed E-state index contributed by atoms with van der Waals surface area (Å²) in [5, 5.41) is 6.83. The van der Waals surface area contributed by atoms with Gasteiger partial charge in [-0.05, 0) is 52.3 Å². The Labute approximate surface area is 177 Å². The molecule has 0 unspecified atom stereocenters. The Balaban J connectivity index is 1.90. The lowest BCUT2D eigenvalue weighted by molar-refractivity contribution is -0.124. The van der Waals surface area contributed by atoms with Gasteiger partial charge in [0.2, 0.25) is 0 Å². The number of aryl methyl sites for hydroxylation is 1. The van der Waals surface area contributed by atoms with Crippen LogP contribution in [-0.4, -0.2) is 40.8 Å². The van der Waals surface area contributed by atoms with Crippen molar-refractivity contribution >= 4 is 17.5 Å². The molecule has 2 aromatic rings. The maximum atomic E-state index is 12.0. The maximum Gasteiger partial charge on any atom is 0.258 e. The van der Waals surface area contributed by atoms with Gasteiger partial charge in [0.05, 0.1) is 12.9 Å². The smallest absolute Gasteiger partial charge is 0.258 e. The third-order valence-corrected chi connectivity index (χ3v) is 4.28. The minimum Gasteiger partial charge on any atom is -0.490 e. The highest BCUT2D eigenvalue weighted by atomic mass is 35.5. The zero-order chi connectivity index (χ0) is 21.3. The molecule has 1 amide bonds. The first-order valence-corrected chi connectivity index (χ1v) is 10.2. The second kappa shape index (κ2) is 11.1. The largest absolute Gasteiger partial charge is 0.490 e. The van der Waals surface area contributed by atoms with Gasteiger partial charge in [0.15, 0.2) is 18.1 Å². The second-order valence-electron chi connectivity index (χ2n) is 7.74. The van der Waals surface area contributed by atoms with Crippen molar-refractivity contribution in [2.75, 3.05) is 19.8 Å². The molecule has 2 rings (SSSR count). The lowest BCUT2D eigenvalue weighted by atomic mass is 10.1. The number of benzene rings is 1. The number of ether oxygens (including phenoxy) is 2. The van der Waals surface area contributed by atoms with Gasteiger partial charge in [0, 0.05) is 42.1 Å². The number of hydrogen-bond donors (Lipinski definition) is 2. The molecule has 0 aliphatic carbocycles. The molecule has 0 bridgehead atoms. The van der Waals surface area contributed by atoms with Crippen LogP contribution in [0.3, 0.4) is 0 Å². The summed E-state index contributed by atoms with van der Waals surface area (Å²) < 4.78 is 13.4. The van der Waals surface area contributed by atoms with Crippen molar-refractivity contribution in [1.29, 1.82) is 0 Å². The van der Waals surface area contributed by atoms with Crippen molar-refractivity contribution in [1.82, 2.24) is 20.2 Å². The third kappa shape index (κ3) is 8.33. The Bertz CT molecular complexity index is 773. The van der Waals surface area contributed by atoms with Gasteiger partial charge in [-0.1, -0.05) is 11.6 Å². The number of imidazole rings is 1. The van der Waals surface area contributed by atoms with E-state index < -0.39 is 0 Å². The highest BCUT2D eigenvalue weighted by Crippen LogP contribution is 2.33. The number of carbonyl (C=O) groups is 1. The van der Waals surface area contributed by atoms with Gasteiger partial charge < -0.3 is 24.7 Å². The minimum atomic E-state index is -0.311. The summed E-state index contributed by atoms with van der Waals surface area (Å²) in [5.41, 5.74) is 0.609. The molecule has 0 atom stereocenters. The average Bonchev–Trinajstić information content (AvgIpc) is 3.14. The van der Waals surface area contributed by atoms with Gasteiger partial charge in [0.1, 0.15) is 0 Å². The van der Waals surface area contributed by atoms with Crippen molar-refractivity contribution < 1.29 is 14.3 Å². The minimum absolute atomic E-state index is 0.0977. The second-order valence-corrected chi connectivity index (χ2v) is 8.15. The van der Waals surface area contributed by atoms with Crippen molar-refractivity contribution in [3.05, 3.63) is 41.4 Å². The number of carbonyl (C=O) groups excluding carboxylic acids is 1. The van der Waals surface area contributed by atoms with Crippen LogP contribution in [0.1, 0.15) is 39.7 Å². The van der Waals surface area contributed by atoms with E-state index in [0.717, 1.165) is 25.1 Å². The normalized spacial score (nSPS) is 11.3. The van der Waals surface area contributed by atoms with Gasteiger partial charge in [0.25, 0.3) is 5.91 Å². The average molecular weight is 423 g/mol. The lowest BCUT2D eigenvalue weighted by Crippen LogP contribution is -2.43. The van der Waals surface area contributed by atoms with Crippen molar-refractivity contribution in [3.63, 3.8) is 0 Å². The summed E-state index contributed by atoms with van der Waals surface area (Å²) in [7, 11) is 0. The SMILES string of the molecule is CCOc1cc(CNCCCn2ccnc2)c(Cl)cc1OCC(=O)NC(C)(C)C. The fourth-order valence-electron chi connectivity index (χ4n) is 2.72. The molecule has 1 aromatic heterocycles. The molecule has 2 N–H and O–H groups in total. The molecule has 0 radical (unpaired) electrons. The van der Waals surface area contributed by atoms with E-state index in [4.69, 9.17) is 21.1 Å². The van der Waals surface area contributed by atoms with Gasteiger partial charge >= 0.3 is 0 Å². The summed E-state index contributed by atoms with van der Waals surface area (Å²) in [4.78, 5) is 16.0. The van der Waals surface area contributed by atoms with E-state index in [1.165, 1.54) is 0 Å². The first-order chi connectivity index (χ1) is 13.8. The van der Waals surface area contributed by atoms with Crippen molar-refractivity contribution in [2.45, 2.75) is 52.7 Å². The van der Waals surface area contributed by atoms with E-state index in [-0.39, 0.29) is 18.1 Å². The predicted octanol–water partition coefficient (Wildman–Crippen LogP) is 3.41. The quantitative estimate of drug-likeness (QED) is 0.542. The van der Waals surface area contributed by atoms with Crippen molar-refractivity contribution in [3.8, 4) is 11.5 Å². The molecule has 1 heterocycles. The lowest BCUT2D eigenvalue weighted by Gasteiger charge is -2.21. The van der Waals surface area contributed by atoms with Gasteiger partial charge in [-0.2, -0.15) is 0 Å². The fourth-order valence-corrected chi connectivity index (χ4v) is 2.94. The highest BCUT2D eigenvalue weighted by molar-refractivity contribution is 6.31. The summed E-state index contributed by atoms with van der Waals surface area (Å²) in [5.74, 6) is 0.847. The molecule has 0 saturated heterocycles. The summed E-state index contributed by atoms with van der Waals surface area (Å²) in [6.45, 7) is 10.4. The molecular weight excluding hydrogens is 392 g/mol. The predicted molar refractivity (Wildman–Crippen MR) is 115 cm³/mol. The van der Waals surface area contributed by atoms with Gasteiger partial charge in [-0.25, -0.2) is 4.98 Å². The third-order valence-electron chi connectivity index (χ3n) is 3.93. The molecule has 0 saturated carbocycles. The molecule has 0 aliphatic heterocycles. The van der Waals surface area contributed by atoms with E-state index in [2.05, 4.69) is 15.6 Å². The van der Waals surface area contributed by atoms with Crippen LogP contribution >= 0.6 is 11.6 Å². The van der Waals surface area contributed by atoms with E-state index in [1.54, 1.807) is 12.3 Å². The molecule has 0 spiro atoms. The summed E-state index contributed by atoms with van der Waals surface area (Å²) in [6.07, 6.45) is 6.52. The van der Waals surface area contributed by atoms with Crippen LogP contribution in [0, 0.1) is 0 Å². The van der Waals surface area contributed by atoms with Crippen LogP contribution in [0.2, 0.25) is 5.02 Å². The van der Waals surface area contributed by atoms with E-state index in [0.29, 0.717) is 29.7 Å². The van der Waals surface area contributed by atoms with Gasteiger partial charge in [-0.15, -0.1) is 0 Å². The summed E-state index contributed by atoms with van der Waals surface area (Å²) in [6, 6.07) is 3.57. The van der Waals surface area contributed by atoms with Crippen LogP contribution in [0.4, 0.5) is 0 Å². The maximum absolute atomic E-state index is 12.0. The Kier molecular flexibility index (Phi) is 8.79. The van der Waals surface area contributed by atoms with E-state index >= 15 is 0 Å². The van der Waals surface area contributed by atoms with Crippen molar-refractivity contribution in [2.24, 2.45) is 0 Å². The highest BCUT2D eigenvalue weighted by Gasteiger charge is 2.16. The number of rotatable bonds is 11. The van der Waals surface area contributed by atoms with Gasteiger partial charge in [-0.3, -0.25) is 4.79 Å². The molecule has 7 nitrogen and oxygen atoms in total. The molecule has 1 aromatic carbocycles. The molecular formula is C21H31ClN4O3. The monoisotopic (exact) mass is 422 g/mol. The first-order valence-electron chi connectivity index (χ1n) is 9.84. The number of aromatic nitrogens is 2. The first kappa shape index (κ1) is 23.0. The molecule has 29 heavy (non-hydrogen) atoms. The van der Waals surface area contributed by atoms with Crippen LogP contribution in [0.15, 0.2) is 30.9 Å². The Morgan fingerprint density at radius 2 is 2.00 bits per heavy atom. The fraction of sp³-hybridized carbons (Fsp3) is 0.524. The molecule has 160 valence electrons. The standard InChI is InChI=1S/C21H31ClN4O3/c1-5-28-18-11-16(13-23-7-6-9-26-10-8-24-15-26)17(22)12-19(18)29-14-20(27)25-21(2,3)4/h8,10-12,15,23H,5-7,9,13-14H2,1-4H3,(H,25,27). The number of hydrogen-bond acceptors (Lipinski definition) is 5. The van der Waals surface area contributed by atoms with Crippen LogP contribution < -0.4 is 20.1 Å². The van der Waals surface area contributed by atoms with E-state index in [1.807, 2.05) is 50.9 Å². The number of nitrogens with one attached hydrogen (secondary N) is 2. The van der Waals surface area contributed by atoms with Crippen LogP contribution in [0.5, 0.6) is 11.5 Å². The Morgan fingerprint density at radius 3 is 2.66 bits per heavy atom. The Morgan fingerprint density at radius 1 is 1.24 bits per heavy atom. The number of halogens is 1. The molecule has 0 fully saturated rings. The molecule has 0 aliphatic rings. The summed E-state index contributed by atoms with van der Waals surface area (Å²) >= 11 is 6.43. The zero-order valence-electron chi connectivity index (χ0n) is 17.6. The zero-order valence-corrected chi connectivity index (χ0v) is 18.4. The topological polar surface area (TPSA) is 77.4 Å². The van der Waals surface area contributed by atoms with Crippen LogP contribution in [-0.2, 0) is 17.9 Å².